The molecule has 25 heavy (non-hydrogen) atoms. The summed E-state index contributed by atoms with van der Waals surface area (Å²) >= 11 is 0. The van der Waals surface area contributed by atoms with Crippen molar-refractivity contribution in [3.05, 3.63) is 42.4 Å². The Hall–Kier alpha value is -2.51. The topological polar surface area (TPSA) is 76.9 Å². The van der Waals surface area contributed by atoms with Gasteiger partial charge in [-0.05, 0) is 26.0 Å². The van der Waals surface area contributed by atoms with Gasteiger partial charge >= 0.3 is 0 Å². The van der Waals surface area contributed by atoms with E-state index in [1.165, 1.54) is 0 Å². The Bertz CT molecular complexity index is 857. The highest BCUT2D eigenvalue weighted by atomic mass is 16.5. The summed E-state index contributed by atoms with van der Waals surface area (Å²) in [7, 11) is 0. The lowest BCUT2D eigenvalue weighted by atomic mass is 10.1. The summed E-state index contributed by atoms with van der Waals surface area (Å²) in [5.41, 5.74) is 1.78. The van der Waals surface area contributed by atoms with Crippen molar-refractivity contribution in [3.63, 3.8) is 0 Å². The van der Waals surface area contributed by atoms with E-state index in [9.17, 15) is 0 Å². The largest absolute Gasteiger partial charge is 0.373 e. The molecule has 130 valence electrons. The van der Waals surface area contributed by atoms with Gasteiger partial charge in [0, 0.05) is 13.1 Å². The fourth-order valence-corrected chi connectivity index (χ4v) is 3.10. The minimum atomic E-state index is 0.114. The van der Waals surface area contributed by atoms with E-state index in [4.69, 9.17) is 4.74 Å². The van der Waals surface area contributed by atoms with E-state index in [1.54, 1.807) is 0 Å². The van der Waals surface area contributed by atoms with E-state index in [0.717, 1.165) is 42.2 Å². The minimum absolute atomic E-state index is 0.114. The number of hydrogen-bond acceptors (Lipinski definition) is 6. The average molecular weight is 338 g/mol. The molecular weight excluding hydrogens is 316 g/mol. The van der Waals surface area contributed by atoms with Gasteiger partial charge in [0.05, 0.1) is 36.0 Å². The number of nitrogens with zero attached hydrogens (tertiary/aromatic N) is 4. The van der Waals surface area contributed by atoms with Gasteiger partial charge in [0.1, 0.15) is 11.6 Å². The van der Waals surface area contributed by atoms with Crippen molar-refractivity contribution in [1.29, 1.82) is 0 Å². The predicted octanol–water partition coefficient (Wildman–Crippen LogP) is 1.91. The van der Waals surface area contributed by atoms with E-state index in [-0.39, 0.29) is 12.1 Å². The smallest absolute Gasteiger partial charge is 0.168 e. The van der Waals surface area contributed by atoms with Gasteiger partial charge < -0.3 is 15.4 Å². The van der Waals surface area contributed by atoms with Crippen LogP contribution in [-0.2, 0) is 4.74 Å². The number of aromatic nitrogens is 4. The first-order valence-corrected chi connectivity index (χ1v) is 8.59. The maximum Gasteiger partial charge on any atom is 0.168 e. The zero-order chi connectivity index (χ0) is 17.2. The lowest BCUT2D eigenvalue weighted by molar-refractivity contribution is 0.0201. The highest BCUT2D eigenvalue weighted by Crippen LogP contribution is 2.24. The molecule has 7 nitrogen and oxygen atoms in total. The third kappa shape index (κ3) is 3.20. The number of aryl methyl sites for hydroxylation is 1. The number of anilines is 1. The second kappa shape index (κ2) is 6.78. The molecule has 4 rings (SSSR count). The van der Waals surface area contributed by atoms with E-state index < -0.39 is 0 Å². The van der Waals surface area contributed by atoms with Crippen molar-refractivity contribution >= 4 is 16.9 Å². The van der Waals surface area contributed by atoms with E-state index in [0.29, 0.717) is 5.82 Å². The number of fused-ring (bicyclic) bond motifs is 1. The molecule has 0 saturated carbocycles. The fraction of sp³-hybridized carbons (Fsp3) is 0.389. The average Bonchev–Trinajstić information content (AvgIpc) is 3.07. The Labute approximate surface area is 146 Å². The van der Waals surface area contributed by atoms with Crippen LogP contribution in [0.3, 0.4) is 0 Å². The number of nitrogens with one attached hydrogen (secondary N) is 2. The second-order valence-electron chi connectivity index (χ2n) is 6.30. The number of ether oxygens (including phenoxy) is 1. The van der Waals surface area contributed by atoms with Gasteiger partial charge in [-0.15, -0.1) is 0 Å². The maximum absolute atomic E-state index is 5.84. The Balaban J connectivity index is 1.69. The number of rotatable bonds is 4. The molecule has 0 amide bonds. The molecule has 0 spiro atoms. The molecule has 2 aromatic heterocycles. The van der Waals surface area contributed by atoms with Crippen LogP contribution in [0.5, 0.6) is 0 Å². The van der Waals surface area contributed by atoms with Crippen LogP contribution in [0.25, 0.3) is 16.7 Å². The number of morpholine rings is 1. The lowest BCUT2D eigenvalue weighted by Gasteiger charge is -2.29. The van der Waals surface area contributed by atoms with Crippen molar-refractivity contribution in [3.8, 4) is 5.69 Å². The summed E-state index contributed by atoms with van der Waals surface area (Å²) in [6.45, 7) is 6.49. The van der Waals surface area contributed by atoms with Crippen LogP contribution >= 0.6 is 0 Å². The highest BCUT2D eigenvalue weighted by Gasteiger charge is 2.22. The molecule has 3 heterocycles. The molecular formula is C18H22N6O. The molecule has 1 aromatic carbocycles. The summed E-state index contributed by atoms with van der Waals surface area (Å²) in [4.78, 5) is 9.19. The van der Waals surface area contributed by atoms with Crippen LogP contribution < -0.4 is 10.6 Å². The Morgan fingerprint density at radius 2 is 2.12 bits per heavy atom. The summed E-state index contributed by atoms with van der Waals surface area (Å²) in [5, 5.41) is 12.3. The van der Waals surface area contributed by atoms with Crippen LogP contribution in [0.15, 0.2) is 36.5 Å². The number of para-hydroxylation sites is 1. The summed E-state index contributed by atoms with van der Waals surface area (Å²) in [5.74, 6) is 1.51. The van der Waals surface area contributed by atoms with E-state index in [2.05, 4.69) is 32.6 Å². The molecule has 0 radical (unpaired) electrons. The molecule has 2 N–H and O–H groups in total. The van der Waals surface area contributed by atoms with Gasteiger partial charge in [0.25, 0.3) is 0 Å². The van der Waals surface area contributed by atoms with Gasteiger partial charge in [-0.25, -0.2) is 14.6 Å². The Morgan fingerprint density at radius 3 is 2.88 bits per heavy atom. The fourth-order valence-electron chi connectivity index (χ4n) is 3.10. The van der Waals surface area contributed by atoms with Crippen LogP contribution in [0, 0.1) is 6.92 Å². The second-order valence-corrected chi connectivity index (χ2v) is 6.30. The molecule has 1 aliphatic rings. The molecule has 2 atom stereocenters. The number of benzene rings is 1. The quantitative estimate of drug-likeness (QED) is 0.757. The zero-order valence-electron chi connectivity index (χ0n) is 14.4. The first-order valence-electron chi connectivity index (χ1n) is 8.59. The SMILES string of the molecule is Cc1nc(NC(C)C2CNCCO2)c2cnn(-c3ccccc3)c2n1. The van der Waals surface area contributed by atoms with E-state index in [1.807, 2.05) is 48.1 Å². The van der Waals surface area contributed by atoms with Crippen molar-refractivity contribution in [2.24, 2.45) is 0 Å². The van der Waals surface area contributed by atoms with Crippen LogP contribution in [-0.4, -0.2) is 51.6 Å². The highest BCUT2D eigenvalue weighted by molar-refractivity contribution is 5.87. The first-order chi connectivity index (χ1) is 12.2. The third-order valence-corrected chi connectivity index (χ3v) is 4.42. The zero-order valence-corrected chi connectivity index (χ0v) is 14.4. The van der Waals surface area contributed by atoms with Gasteiger partial charge in [-0.1, -0.05) is 18.2 Å². The predicted molar refractivity (Wildman–Crippen MR) is 97.1 cm³/mol. The molecule has 0 bridgehead atoms. The van der Waals surface area contributed by atoms with Crippen molar-refractivity contribution in [2.75, 3.05) is 25.0 Å². The van der Waals surface area contributed by atoms with Crippen molar-refractivity contribution in [2.45, 2.75) is 26.0 Å². The molecule has 1 aliphatic heterocycles. The van der Waals surface area contributed by atoms with Crippen LogP contribution in [0.1, 0.15) is 12.7 Å². The minimum Gasteiger partial charge on any atom is -0.373 e. The van der Waals surface area contributed by atoms with Crippen LogP contribution in [0.4, 0.5) is 5.82 Å². The monoisotopic (exact) mass is 338 g/mol. The molecule has 2 unspecified atom stereocenters. The van der Waals surface area contributed by atoms with Gasteiger partial charge in [0.15, 0.2) is 5.65 Å². The molecule has 7 heteroatoms. The molecule has 3 aromatic rings. The third-order valence-electron chi connectivity index (χ3n) is 4.42. The standard InChI is InChI=1S/C18H22N6O/c1-12(16-11-19-8-9-25-16)21-17-15-10-20-24(14-6-4-3-5-7-14)18(15)23-13(2)22-17/h3-7,10,12,16,19H,8-9,11H2,1-2H3,(H,21,22,23). The first kappa shape index (κ1) is 16.0. The van der Waals surface area contributed by atoms with Gasteiger partial charge in [-0.2, -0.15) is 5.10 Å². The number of hydrogen-bond donors (Lipinski definition) is 2. The molecule has 1 saturated heterocycles. The van der Waals surface area contributed by atoms with Crippen molar-refractivity contribution < 1.29 is 4.74 Å². The normalized spacial score (nSPS) is 19.0. The Kier molecular flexibility index (Phi) is 4.33. The van der Waals surface area contributed by atoms with E-state index >= 15 is 0 Å². The lowest BCUT2D eigenvalue weighted by Crippen LogP contribution is -2.46. The summed E-state index contributed by atoms with van der Waals surface area (Å²) in [6.07, 6.45) is 1.93. The molecule has 0 aliphatic carbocycles. The summed E-state index contributed by atoms with van der Waals surface area (Å²) in [6, 6.07) is 10.1. The van der Waals surface area contributed by atoms with Gasteiger partial charge in [0.2, 0.25) is 0 Å². The van der Waals surface area contributed by atoms with Crippen LogP contribution in [0.2, 0.25) is 0 Å². The summed E-state index contributed by atoms with van der Waals surface area (Å²) < 4.78 is 7.69. The maximum atomic E-state index is 5.84. The Morgan fingerprint density at radius 1 is 1.28 bits per heavy atom. The molecule has 1 fully saturated rings. The van der Waals surface area contributed by atoms with Gasteiger partial charge in [-0.3, -0.25) is 0 Å². The van der Waals surface area contributed by atoms with Crippen molar-refractivity contribution in [1.82, 2.24) is 25.1 Å².